The quantitative estimate of drug-likeness (QED) is 0.616. The Morgan fingerprint density at radius 1 is 1.38 bits per heavy atom. The summed E-state index contributed by atoms with van der Waals surface area (Å²) in [7, 11) is 0. The lowest BCUT2D eigenvalue weighted by atomic mass is 10.1. The smallest absolute Gasteiger partial charge is 0.115 e. The van der Waals surface area contributed by atoms with Gasteiger partial charge in [-0.3, -0.25) is 0 Å². The second-order valence-corrected chi connectivity index (χ2v) is 3.32. The molecule has 2 rings (SSSR count). The molecule has 0 aliphatic carbocycles. The zero-order chi connectivity index (χ0) is 9.26. The van der Waals surface area contributed by atoms with Crippen molar-refractivity contribution in [3.8, 4) is 0 Å². The molecular formula is C9H14O4. The minimum Gasteiger partial charge on any atom is -0.388 e. The molecule has 2 heterocycles. The monoisotopic (exact) mass is 186 g/mol. The summed E-state index contributed by atoms with van der Waals surface area (Å²) in [6.45, 7) is 4.91. The Morgan fingerprint density at radius 2 is 2.15 bits per heavy atom. The van der Waals surface area contributed by atoms with E-state index in [0.29, 0.717) is 19.8 Å². The van der Waals surface area contributed by atoms with Gasteiger partial charge in [-0.2, -0.15) is 0 Å². The Balaban J connectivity index is 1.90. The second-order valence-electron chi connectivity index (χ2n) is 3.32. The fourth-order valence-electron chi connectivity index (χ4n) is 1.78. The van der Waals surface area contributed by atoms with Crippen molar-refractivity contribution in [2.24, 2.45) is 0 Å². The maximum Gasteiger partial charge on any atom is 0.115 e. The van der Waals surface area contributed by atoms with E-state index in [1.165, 1.54) is 0 Å². The van der Waals surface area contributed by atoms with Gasteiger partial charge in [-0.1, -0.05) is 6.08 Å². The molecule has 2 aliphatic rings. The van der Waals surface area contributed by atoms with E-state index in [-0.39, 0.29) is 18.3 Å². The predicted molar refractivity (Wildman–Crippen MR) is 45.4 cm³/mol. The van der Waals surface area contributed by atoms with Crippen LogP contribution < -0.4 is 0 Å². The first-order chi connectivity index (χ1) is 6.33. The molecule has 0 saturated carbocycles. The van der Waals surface area contributed by atoms with Crippen molar-refractivity contribution < 1.29 is 19.3 Å². The lowest BCUT2D eigenvalue weighted by molar-refractivity contribution is -0.0279. The highest BCUT2D eigenvalue weighted by Gasteiger charge is 2.47. The molecule has 0 aromatic carbocycles. The number of aliphatic hydroxyl groups excluding tert-OH is 1. The molecule has 1 N–H and O–H groups in total. The van der Waals surface area contributed by atoms with Crippen LogP contribution in [-0.2, 0) is 14.2 Å². The SMILES string of the molecule is C=CCO[C@@H]1CO[C@H]2[C@@H]1OC[C@@H]2O. The minimum absolute atomic E-state index is 0.0554. The van der Waals surface area contributed by atoms with Gasteiger partial charge in [0.25, 0.3) is 0 Å². The van der Waals surface area contributed by atoms with Crippen LogP contribution in [0.4, 0.5) is 0 Å². The van der Waals surface area contributed by atoms with E-state index in [0.717, 1.165) is 0 Å². The van der Waals surface area contributed by atoms with E-state index in [1.807, 2.05) is 0 Å². The third-order valence-electron chi connectivity index (χ3n) is 2.41. The minimum atomic E-state index is -0.498. The molecule has 2 aliphatic heterocycles. The predicted octanol–water partition coefficient (Wildman–Crippen LogP) is -0.284. The van der Waals surface area contributed by atoms with Gasteiger partial charge in [-0.15, -0.1) is 6.58 Å². The van der Waals surface area contributed by atoms with Crippen molar-refractivity contribution in [2.75, 3.05) is 19.8 Å². The van der Waals surface area contributed by atoms with Gasteiger partial charge in [0.05, 0.1) is 19.8 Å². The molecule has 0 amide bonds. The molecule has 0 radical (unpaired) electrons. The highest BCUT2D eigenvalue weighted by atomic mass is 16.6. The number of fused-ring (bicyclic) bond motifs is 1. The van der Waals surface area contributed by atoms with Crippen LogP contribution in [0.1, 0.15) is 0 Å². The van der Waals surface area contributed by atoms with Crippen molar-refractivity contribution in [3.05, 3.63) is 12.7 Å². The van der Waals surface area contributed by atoms with Gasteiger partial charge in [0, 0.05) is 0 Å². The molecule has 0 bridgehead atoms. The van der Waals surface area contributed by atoms with Crippen LogP contribution in [0.2, 0.25) is 0 Å². The van der Waals surface area contributed by atoms with Gasteiger partial charge in [-0.05, 0) is 0 Å². The molecule has 0 aromatic heterocycles. The van der Waals surface area contributed by atoms with Crippen LogP contribution >= 0.6 is 0 Å². The largest absolute Gasteiger partial charge is 0.388 e. The normalized spacial score (nSPS) is 43.5. The molecular weight excluding hydrogens is 172 g/mol. The Morgan fingerprint density at radius 3 is 2.92 bits per heavy atom. The van der Waals surface area contributed by atoms with Gasteiger partial charge in [0.2, 0.25) is 0 Å². The lowest BCUT2D eigenvalue weighted by Crippen LogP contribution is -2.32. The van der Waals surface area contributed by atoms with Crippen molar-refractivity contribution in [1.29, 1.82) is 0 Å². The van der Waals surface area contributed by atoms with Crippen LogP contribution in [0.5, 0.6) is 0 Å². The molecule has 0 aromatic rings. The van der Waals surface area contributed by atoms with Crippen LogP contribution in [0.3, 0.4) is 0 Å². The Kier molecular flexibility index (Phi) is 2.64. The number of aliphatic hydroxyl groups is 1. The average molecular weight is 186 g/mol. The van der Waals surface area contributed by atoms with E-state index in [1.54, 1.807) is 6.08 Å². The van der Waals surface area contributed by atoms with Crippen LogP contribution in [0, 0.1) is 0 Å². The first-order valence-electron chi connectivity index (χ1n) is 4.46. The number of ether oxygens (including phenoxy) is 3. The van der Waals surface area contributed by atoms with Crippen molar-refractivity contribution in [3.63, 3.8) is 0 Å². The zero-order valence-corrected chi connectivity index (χ0v) is 7.39. The van der Waals surface area contributed by atoms with Crippen LogP contribution in [-0.4, -0.2) is 49.3 Å². The third kappa shape index (κ3) is 1.62. The topological polar surface area (TPSA) is 47.9 Å². The van der Waals surface area contributed by atoms with E-state index in [9.17, 15) is 5.11 Å². The lowest BCUT2D eigenvalue weighted by Gasteiger charge is -2.15. The zero-order valence-electron chi connectivity index (χ0n) is 7.39. The fourth-order valence-corrected chi connectivity index (χ4v) is 1.78. The standard InChI is InChI=1S/C9H14O4/c1-2-3-11-7-5-13-8-6(10)4-12-9(7)8/h2,6-10H,1,3-5H2/t6-,7+,8+,9+/m0/s1. The third-order valence-corrected chi connectivity index (χ3v) is 2.41. The van der Waals surface area contributed by atoms with Gasteiger partial charge in [0.15, 0.2) is 0 Å². The summed E-state index contributed by atoms with van der Waals surface area (Å²) >= 11 is 0. The molecule has 0 spiro atoms. The summed E-state index contributed by atoms with van der Waals surface area (Å²) in [5, 5.41) is 9.42. The van der Waals surface area contributed by atoms with Crippen molar-refractivity contribution >= 4 is 0 Å². The molecule has 13 heavy (non-hydrogen) atoms. The average Bonchev–Trinajstić information content (AvgIpc) is 2.67. The number of hydrogen-bond donors (Lipinski definition) is 1. The van der Waals surface area contributed by atoms with Gasteiger partial charge >= 0.3 is 0 Å². The Hall–Kier alpha value is -0.420. The second kappa shape index (κ2) is 3.75. The summed E-state index contributed by atoms with van der Waals surface area (Å²) in [5.41, 5.74) is 0. The molecule has 74 valence electrons. The Bertz CT molecular complexity index is 194. The first-order valence-corrected chi connectivity index (χ1v) is 4.46. The fraction of sp³-hybridized carbons (Fsp3) is 0.778. The molecule has 2 fully saturated rings. The van der Waals surface area contributed by atoms with Gasteiger partial charge in [-0.25, -0.2) is 0 Å². The van der Waals surface area contributed by atoms with Crippen LogP contribution in [0.25, 0.3) is 0 Å². The van der Waals surface area contributed by atoms with Gasteiger partial charge < -0.3 is 19.3 Å². The first kappa shape index (κ1) is 9.15. The molecule has 4 heteroatoms. The van der Waals surface area contributed by atoms with E-state index >= 15 is 0 Å². The van der Waals surface area contributed by atoms with Crippen LogP contribution in [0.15, 0.2) is 12.7 Å². The number of hydrogen-bond acceptors (Lipinski definition) is 4. The molecule has 4 nitrogen and oxygen atoms in total. The summed E-state index contributed by atoms with van der Waals surface area (Å²) in [6, 6.07) is 0. The highest BCUT2D eigenvalue weighted by molar-refractivity contribution is 4.95. The summed E-state index contributed by atoms with van der Waals surface area (Å²) in [6.07, 6.45) is 0.839. The van der Waals surface area contributed by atoms with E-state index in [4.69, 9.17) is 14.2 Å². The summed E-state index contributed by atoms with van der Waals surface area (Å²) < 4.78 is 16.2. The Labute approximate surface area is 77.1 Å². The van der Waals surface area contributed by atoms with E-state index < -0.39 is 6.10 Å². The van der Waals surface area contributed by atoms with Crippen molar-refractivity contribution in [2.45, 2.75) is 24.4 Å². The van der Waals surface area contributed by atoms with Gasteiger partial charge in [0.1, 0.15) is 24.4 Å². The summed E-state index contributed by atoms with van der Waals surface area (Å²) in [4.78, 5) is 0. The maximum absolute atomic E-state index is 9.42. The molecule has 2 saturated heterocycles. The summed E-state index contributed by atoms with van der Waals surface area (Å²) in [5.74, 6) is 0. The number of rotatable bonds is 3. The highest BCUT2D eigenvalue weighted by Crippen LogP contribution is 2.28. The maximum atomic E-state index is 9.42. The van der Waals surface area contributed by atoms with Crippen molar-refractivity contribution in [1.82, 2.24) is 0 Å². The van der Waals surface area contributed by atoms with E-state index in [2.05, 4.69) is 6.58 Å². The molecule has 0 unspecified atom stereocenters. The molecule has 4 atom stereocenters.